The fraction of sp³-hybridized carbons (Fsp3) is 0.500. The number of likely N-dealkylation sites (tertiary alicyclic amines) is 1. The first-order chi connectivity index (χ1) is 10.9. The summed E-state index contributed by atoms with van der Waals surface area (Å²) in [4.78, 5) is 18.8. The van der Waals surface area contributed by atoms with Gasteiger partial charge in [0, 0.05) is 36.8 Å². The largest absolute Gasteiger partial charge is 0.337 e. The average molecular weight is 310 g/mol. The highest BCUT2D eigenvalue weighted by Crippen LogP contribution is 2.54. The molecular formula is C20H26N2O. The molecule has 1 aliphatic carbocycles. The third-order valence-electron chi connectivity index (χ3n) is 5.51. The fourth-order valence-corrected chi connectivity index (χ4v) is 3.97. The number of aryl methyl sites for hydroxylation is 1. The summed E-state index contributed by atoms with van der Waals surface area (Å²) in [5.74, 6) is 0.862. The first-order valence-electron chi connectivity index (χ1n) is 8.41. The van der Waals surface area contributed by atoms with E-state index in [1.54, 1.807) is 0 Å². The highest BCUT2D eigenvalue weighted by Gasteiger charge is 2.53. The Morgan fingerprint density at radius 3 is 2.52 bits per heavy atom. The summed E-state index contributed by atoms with van der Waals surface area (Å²) in [5, 5.41) is 0. The summed E-state index contributed by atoms with van der Waals surface area (Å²) in [5.41, 5.74) is 4.83. The Morgan fingerprint density at radius 1 is 1.26 bits per heavy atom. The van der Waals surface area contributed by atoms with Crippen LogP contribution < -0.4 is 0 Å². The van der Waals surface area contributed by atoms with E-state index in [1.165, 1.54) is 18.4 Å². The van der Waals surface area contributed by atoms with Gasteiger partial charge in [0.05, 0.1) is 0 Å². The summed E-state index contributed by atoms with van der Waals surface area (Å²) >= 11 is 0. The van der Waals surface area contributed by atoms with E-state index in [9.17, 15) is 4.79 Å². The van der Waals surface area contributed by atoms with Gasteiger partial charge in [-0.2, -0.15) is 0 Å². The minimum absolute atomic E-state index is 0.193. The average Bonchev–Trinajstić information content (AvgIpc) is 2.44. The molecule has 1 saturated heterocycles. The third kappa shape index (κ3) is 2.97. The van der Waals surface area contributed by atoms with Crippen molar-refractivity contribution in [2.24, 2.45) is 16.3 Å². The van der Waals surface area contributed by atoms with Crippen LogP contribution in [0, 0.1) is 18.3 Å². The van der Waals surface area contributed by atoms with E-state index in [4.69, 9.17) is 0 Å². The van der Waals surface area contributed by atoms with Gasteiger partial charge in [0.2, 0.25) is 0 Å². The van der Waals surface area contributed by atoms with Gasteiger partial charge < -0.3 is 4.90 Å². The fourth-order valence-electron chi connectivity index (χ4n) is 3.97. The Hall–Kier alpha value is -1.90. The number of benzene rings is 1. The Kier molecular flexibility index (Phi) is 4.13. The predicted octanol–water partition coefficient (Wildman–Crippen LogP) is 3.88. The molecule has 1 amide bonds. The van der Waals surface area contributed by atoms with E-state index in [-0.39, 0.29) is 5.91 Å². The number of allylic oxidation sites excluding steroid dienone is 2. The second-order valence-corrected chi connectivity index (χ2v) is 7.33. The molecule has 1 heterocycles. The maximum atomic E-state index is 12.6. The molecule has 1 aromatic carbocycles. The van der Waals surface area contributed by atoms with Gasteiger partial charge in [-0.15, -0.1) is 0 Å². The van der Waals surface area contributed by atoms with Gasteiger partial charge >= 0.3 is 0 Å². The van der Waals surface area contributed by atoms with E-state index in [2.05, 4.69) is 18.0 Å². The molecule has 2 aliphatic rings. The van der Waals surface area contributed by atoms with Crippen LogP contribution in [0.15, 0.2) is 40.9 Å². The van der Waals surface area contributed by atoms with Crippen LogP contribution in [0.1, 0.15) is 42.6 Å². The summed E-state index contributed by atoms with van der Waals surface area (Å²) in [6.45, 7) is 8.11. The van der Waals surface area contributed by atoms with Crippen molar-refractivity contribution in [2.75, 3.05) is 20.1 Å². The van der Waals surface area contributed by atoms with Crippen LogP contribution in [0.2, 0.25) is 0 Å². The minimum Gasteiger partial charge on any atom is -0.337 e. The molecule has 122 valence electrons. The molecule has 0 unspecified atom stereocenters. The van der Waals surface area contributed by atoms with Gasteiger partial charge in [0.25, 0.3) is 5.91 Å². The number of carbonyl (C=O) groups is 1. The molecule has 1 aliphatic heterocycles. The first-order valence-corrected chi connectivity index (χ1v) is 8.41. The van der Waals surface area contributed by atoms with Crippen molar-refractivity contribution >= 4 is 11.6 Å². The van der Waals surface area contributed by atoms with Crippen LogP contribution in [0.25, 0.3) is 0 Å². The Labute approximate surface area is 139 Å². The molecule has 0 N–H and O–H groups in total. The topological polar surface area (TPSA) is 32.7 Å². The molecular weight excluding hydrogens is 284 g/mol. The molecule has 23 heavy (non-hydrogen) atoms. The molecule has 3 heteroatoms. The van der Waals surface area contributed by atoms with Gasteiger partial charge in [0.1, 0.15) is 0 Å². The highest BCUT2D eigenvalue weighted by atomic mass is 16.2. The third-order valence-corrected chi connectivity index (χ3v) is 5.51. The Morgan fingerprint density at radius 2 is 1.91 bits per heavy atom. The molecule has 0 radical (unpaired) electrons. The number of rotatable bonds is 3. The summed E-state index contributed by atoms with van der Waals surface area (Å²) in [7, 11) is 1.84. The molecule has 3 rings (SSSR count). The molecule has 1 spiro atoms. The van der Waals surface area contributed by atoms with Crippen molar-refractivity contribution in [3.8, 4) is 0 Å². The summed E-state index contributed by atoms with van der Waals surface area (Å²) in [6, 6.07) is 7.87. The van der Waals surface area contributed by atoms with Gasteiger partial charge in [-0.1, -0.05) is 23.8 Å². The smallest absolute Gasteiger partial charge is 0.254 e. The standard InChI is InChI=1S/C20H26N2O/c1-14-7-5-6-8-18(14)19(23)22-12-20(13-22)10-17(11-20)15(2)9-16(3)21-4/h5-9,17H,10-13H2,1-4H3/b15-9+,21-16?. The van der Waals surface area contributed by atoms with Crippen molar-refractivity contribution in [2.45, 2.75) is 33.6 Å². The van der Waals surface area contributed by atoms with E-state index >= 15 is 0 Å². The Bertz CT molecular complexity index is 673. The summed E-state index contributed by atoms with van der Waals surface area (Å²) < 4.78 is 0. The monoisotopic (exact) mass is 310 g/mol. The van der Waals surface area contributed by atoms with Crippen LogP contribution >= 0.6 is 0 Å². The van der Waals surface area contributed by atoms with Gasteiger partial charge in [0.15, 0.2) is 0 Å². The lowest BCUT2D eigenvalue weighted by Gasteiger charge is -2.59. The SMILES string of the molecule is CN=C(C)/C=C(\C)C1CC2(C1)CN(C(=O)c1ccccc1C)C2. The molecule has 1 saturated carbocycles. The highest BCUT2D eigenvalue weighted by molar-refractivity contribution is 5.96. The first kappa shape index (κ1) is 16.0. The van der Waals surface area contributed by atoms with Crippen LogP contribution in [0.3, 0.4) is 0 Å². The molecule has 0 aromatic heterocycles. The van der Waals surface area contributed by atoms with Crippen molar-refractivity contribution in [1.82, 2.24) is 4.90 Å². The van der Waals surface area contributed by atoms with Crippen molar-refractivity contribution < 1.29 is 4.79 Å². The molecule has 0 atom stereocenters. The molecule has 1 aromatic rings. The lowest BCUT2D eigenvalue weighted by atomic mass is 9.56. The zero-order valence-electron chi connectivity index (χ0n) is 14.6. The van der Waals surface area contributed by atoms with Crippen LogP contribution in [0.5, 0.6) is 0 Å². The molecule has 3 nitrogen and oxygen atoms in total. The maximum absolute atomic E-state index is 12.6. The number of nitrogens with zero attached hydrogens (tertiary/aromatic N) is 2. The van der Waals surface area contributed by atoms with Crippen molar-refractivity contribution in [3.63, 3.8) is 0 Å². The quantitative estimate of drug-likeness (QED) is 0.780. The zero-order valence-corrected chi connectivity index (χ0v) is 14.6. The molecule has 0 bridgehead atoms. The van der Waals surface area contributed by atoms with E-state index < -0.39 is 0 Å². The molecule has 2 fully saturated rings. The number of hydrogen-bond donors (Lipinski definition) is 0. The van der Waals surface area contributed by atoms with Gasteiger partial charge in [-0.25, -0.2) is 0 Å². The second-order valence-electron chi connectivity index (χ2n) is 7.33. The Balaban J connectivity index is 1.56. The van der Waals surface area contributed by atoms with Crippen LogP contribution in [-0.2, 0) is 0 Å². The number of hydrogen-bond acceptors (Lipinski definition) is 2. The van der Waals surface area contributed by atoms with Gasteiger partial charge in [-0.3, -0.25) is 9.79 Å². The van der Waals surface area contributed by atoms with Crippen molar-refractivity contribution in [1.29, 1.82) is 0 Å². The van der Waals surface area contributed by atoms with Crippen LogP contribution in [-0.4, -0.2) is 36.7 Å². The van der Waals surface area contributed by atoms with E-state index in [0.717, 1.165) is 29.9 Å². The lowest BCUT2D eigenvalue weighted by Crippen LogP contribution is -2.63. The lowest BCUT2D eigenvalue weighted by molar-refractivity contribution is -0.0664. The normalized spacial score (nSPS) is 21.1. The van der Waals surface area contributed by atoms with Crippen molar-refractivity contribution in [3.05, 3.63) is 47.0 Å². The number of aliphatic imine (C=N–C) groups is 1. The minimum atomic E-state index is 0.193. The van der Waals surface area contributed by atoms with Crippen LogP contribution in [0.4, 0.5) is 0 Å². The zero-order chi connectivity index (χ0) is 16.6. The number of amides is 1. The number of carbonyl (C=O) groups excluding carboxylic acids is 1. The van der Waals surface area contributed by atoms with E-state index in [1.807, 2.05) is 50.1 Å². The maximum Gasteiger partial charge on any atom is 0.254 e. The predicted molar refractivity (Wildman–Crippen MR) is 95.0 cm³/mol. The van der Waals surface area contributed by atoms with E-state index in [0.29, 0.717) is 11.3 Å². The van der Waals surface area contributed by atoms with Gasteiger partial charge in [-0.05, 0) is 57.2 Å². The second kappa shape index (κ2) is 5.95. The summed E-state index contributed by atoms with van der Waals surface area (Å²) in [6.07, 6.45) is 4.63.